The molecule has 8 nitrogen and oxygen atoms in total. The van der Waals surface area contributed by atoms with Gasteiger partial charge in [0.15, 0.2) is 0 Å². The van der Waals surface area contributed by atoms with Crippen LogP contribution in [0.5, 0.6) is 0 Å². The van der Waals surface area contributed by atoms with Gasteiger partial charge in [0.1, 0.15) is 0 Å². The van der Waals surface area contributed by atoms with E-state index in [1.165, 1.54) is 46.2 Å². The third-order valence-electron chi connectivity index (χ3n) is 5.84. The fourth-order valence-corrected chi connectivity index (χ4v) is 4.72. The van der Waals surface area contributed by atoms with E-state index < -0.39 is 5.97 Å². The number of carbonyl (C=O) groups excluding carboxylic acids is 2. The van der Waals surface area contributed by atoms with Gasteiger partial charge >= 0.3 is 22.4 Å². The molecule has 0 aromatic heterocycles. The molecule has 1 aliphatic rings. The number of rotatable bonds is 3. The van der Waals surface area contributed by atoms with Gasteiger partial charge in [-0.3, -0.25) is 4.79 Å². The molecule has 3 aromatic rings. The molecule has 0 aliphatic carbocycles. The van der Waals surface area contributed by atoms with E-state index in [2.05, 4.69) is 174 Å². The first-order valence-corrected chi connectivity index (χ1v) is 17.5. The van der Waals surface area contributed by atoms with Crippen LogP contribution < -0.4 is 5.11 Å². The van der Waals surface area contributed by atoms with Crippen molar-refractivity contribution >= 4 is 29.1 Å². The van der Waals surface area contributed by atoms with E-state index in [1.807, 2.05) is 0 Å². The summed E-state index contributed by atoms with van der Waals surface area (Å²) in [7, 11) is 0. The fourth-order valence-electron chi connectivity index (χ4n) is 4.72. The molecule has 0 atom stereocenters. The fraction of sp³-hybridized carbons (Fsp3) is 0.535. The number of aryl methyl sites for hydroxylation is 6. The average molecular weight is 795 g/mol. The van der Waals surface area contributed by atoms with E-state index in [0.717, 1.165) is 37.2 Å². The number of aliphatic carboxylic acids is 1. The Bertz CT molecular complexity index is 1250. The summed E-state index contributed by atoms with van der Waals surface area (Å²) in [6, 6.07) is 19.2. The zero-order chi connectivity index (χ0) is 40.0. The van der Waals surface area contributed by atoms with Crippen LogP contribution in [0.2, 0.25) is 0 Å². The van der Waals surface area contributed by atoms with Crippen molar-refractivity contribution < 1.29 is 41.8 Å². The van der Waals surface area contributed by atoms with Crippen LogP contribution in [0.4, 0.5) is 17.1 Å². The van der Waals surface area contributed by atoms with Gasteiger partial charge in [-0.15, -0.1) is 33.7 Å². The first kappa shape index (κ1) is 53.0. The Balaban J connectivity index is -0.000000593. The van der Waals surface area contributed by atoms with Gasteiger partial charge in [0.05, 0.1) is 0 Å². The molecule has 286 valence electrons. The Morgan fingerprint density at radius 2 is 0.750 bits per heavy atom. The van der Waals surface area contributed by atoms with Gasteiger partial charge in [-0.05, 0) is 67.4 Å². The van der Waals surface area contributed by atoms with Crippen molar-refractivity contribution in [3.05, 3.63) is 109 Å². The molecule has 1 aliphatic heterocycles. The van der Waals surface area contributed by atoms with Crippen LogP contribution in [0, 0.1) is 41.5 Å². The molecular formula is C43H65N4NbO4. The van der Waals surface area contributed by atoms with Gasteiger partial charge < -0.3 is 36.0 Å². The van der Waals surface area contributed by atoms with Crippen molar-refractivity contribution in [3.63, 3.8) is 0 Å². The smallest absolute Gasteiger partial charge is 0.724 e. The summed E-state index contributed by atoms with van der Waals surface area (Å²) in [6.07, 6.45) is 3.06. The third kappa shape index (κ3) is 35.0. The molecule has 9 heteroatoms. The molecular weight excluding hydrogens is 729 g/mol. The first-order valence-electron chi connectivity index (χ1n) is 17.5. The van der Waals surface area contributed by atoms with Crippen LogP contribution in [-0.4, -0.2) is 41.9 Å². The summed E-state index contributed by atoms with van der Waals surface area (Å²) in [4.78, 5) is 17.1. The van der Waals surface area contributed by atoms with Crippen LogP contribution in [0.25, 0.3) is 21.4 Å². The second-order valence-corrected chi connectivity index (χ2v) is 15.8. The summed E-state index contributed by atoms with van der Waals surface area (Å²) < 4.78 is 4.94. The number of hydrogen-bond acceptors (Lipinski definition) is 4. The van der Waals surface area contributed by atoms with E-state index in [9.17, 15) is 0 Å². The number of carbonyl (C=O) groups is 1. The predicted molar refractivity (Wildman–Crippen MR) is 216 cm³/mol. The van der Waals surface area contributed by atoms with Crippen LogP contribution in [0.3, 0.4) is 0 Å². The zero-order valence-corrected chi connectivity index (χ0v) is 37.1. The number of carboxylic acids is 1. The van der Waals surface area contributed by atoms with Gasteiger partial charge in [0, 0.05) is 19.2 Å². The van der Waals surface area contributed by atoms with Gasteiger partial charge in [-0.2, -0.15) is 0 Å². The van der Waals surface area contributed by atoms with Crippen molar-refractivity contribution in [3.8, 4) is 0 Å². The van der Waals surface area contributed by atoms with Crippen molar-refractivity contribution in [1.29, 1.82) is 0 Å². The Kier molecular flexibility index (Phi) is 26.9. The maximum absolute atomic E-state index is 8.89. The minimum Gasteiger partial charge on any atom is -0.724 e. The number of carboxylic acid groups (broad SMARTS) is 1. The van der Waals surface area contributed by atoms with E-state index in [-0.39, 0.29) is 39.0 Å². The number of nitrogens with zero attached hydrogens (tertiary/aromatic N) is 4. The van der Waals surface area contributed by atoms with Crippen LogP contribution in [0.1, 0.15) is 115 Å². The zero-order valence-electron chi connectivity index (χ0n) is 34.9. The van der Waals surface area contributed by atoms with Crippen molar-refractivity contribution in [2.75, 3.05) is 13.2 Å². The Morgan fingerprint density at radius 3 is 0.865 bits per heavy atom. The summed E-state index contributed by atoms with van der Waals surface area (Å²) in [6.45, 7) is 34.6. The predicted octanol–water partition coefficient (Wildman–Crippen LogP) is 11.8. The minimum atomic E-state index is -1.08. The monoisotopic (exact) mass is 794 g/mol. The number of ether oxygens (including phenoxy) is 1. The number of hydrogen-bond donors (Lipinski definition) is 0. The normalized spacial score (nSPS) is 11.5. The van der Waals surface area contributed by atoms with Gasteiger partial charge in [0.2, 0.25) is 0 Å². The molecule has 0 amide bonds. The first-order chi connectivity index (χ1) is 23.2. The molecule has 1 fully saturated rings. The van der Waals surface area contributed by atoms with E-state index in [0.29, 0.717) is 6.08 Å². The van der Waals surface area contributed by atoms with Crippen LogP contribution in [-0.2, 0) is 36.7 Å². The van der Waals surface area contributed by atoms with Crippen molar-refractivity contribution in [2.45, 2.75) is 140 Å². The minimum absolute atomic E-state index is 0. The molecule has 0 unspecified atom stereocenters. The van der Waals surface area contributed by atoms with Crippen LogP contribution in [0.15, 0.2) is 54.6 Å². The SMILES string of the molecule is C1CCOC1.CC(=O)[O-].Cc1cc(C)cc([N-]C(C)(C)C)c1.Cc1cc(C)cc([N-]C(C)(C)C)c1.Cc1cc(C)cc([N-]C(C)(C)C)c1.[N-]=C=O.[Nb+5]. The Hall–Kier alpha value is -3.39. The molecule has 1 heterocycles. The molecule has 0 radical (unpaired) electrons. The standard InChI is InChI=1S/3C12H18N.C4H8O.C2H4O2.CNO.Nb/c3*1-9-6-10(2)8-11(7-9)13-12(3,4)5;1-2-4-5-3-1;1-2(3)4;2-1-3;/h3*6-8H,1-5H3;1-4H2;1H3,(H,3,4);;/q3*-1;;;-1;+5/p-1. The largest absolute Gasteiger partial charge is 5.00 e. The summed E-state index contributed by atoms with van der Waals surface area (Å²) in [5.74, 6) is -1.08. The Morgan fingerprint density at radius 1 is 0.577 bits per heavy atom. The van der Waals surface area contributed by atoms with E-state index >= 15 is 0 Å². The van der Waals surface area contributed by atoms with Crippen molar-refractivity contribution in [2.24, 2.45) is 0 Å². The molecule has 4 rings (SSSR count). The molecule has 0 saturated carbocycles. The van der Waals surface area contributed by atoms with Crippen molar-refractivity contribution in [1.82, 2.24) is 0 Å². The molecule has 1 saturated heterocycles. The molecule has 0 spiro atoms. The van der Waals surface area contributed by atoms with E-state index in [4.69, 9.17) is 24.8 Å². The molecule has 52 heavy (non-hydrogen) atoms. The summed E-state index contributed by atoms with van der Waals surface area (Å²) in [5.41, 5.74) is 11.0. The second-order valence-electron chi connectivity index (χ2n) is 15.8. The molecule has 0 N–H and O–H groups in total. The van der Waals surface area contributed by atoms with Gasteiger partial charge in [-0.1, -0.05) is 150 Å². The van der Waals surface area contributed by atoms with E-state index in [1.54, 1.807) is 0 Å². The summed E-state index contributed by atoms with van der Waals surface area (Å²) in [5, 5.41) is 29.5. The number of benzene rings is 3. The summed E-state index contributed by atoms with van der Waals surface area (Å²) >= 11 is 0. The van der Waals surface area contributed by atoms with Gasteiger partial charge in [0.25, 0.3) is 0 Å². The third-order valence-corrected chi connectivity index (χ3v) is 5.84. The quantitative estimate of drug-likeness (QED) is 0.148. The van der Waals surface area contributed by atoms with Gasteiger partial charge in [-0.25, -0.2) is 0 Å². The van der Waals surface area contributed by atoms with Crippen LogP contribution >= 0.6 is 0 Å². The second kappa shape index (κ2) is 26.4. The maximum atomic E-state index is 8.89. The topological polar surface area (TPSA) is 131 Å². The molecule has 0 bridgehead atoms. The Labute approximate surface area is 332 Å². The maximum Gasteiger partial charge on any atom is 5.00 e. The average Bonchev–Trinajstić information content (AvgIpc) is 3.45. The molecule has 3 aromatic carbocycles. The number of isocyanates is 1.